The Balaban J connectivity index is 0.00000320. The highest BCUT2D eigenvalue weighted by molar-refractivity contribution is 14.0. The van der Waals surface area contributed by atoms with Crippen molar-refractivity contribution < 1.29 is 4.74 Å². The molecule has 0 radical (unpaired) electrons. The Hall–Kier alpha value is -0.900. The van der Waals surface area contributed by atoms with Gasteiger partial charge in [0.25, 0.3) is 0 Å². The van der Waals surface area contributed by atoms with Gasteiger partial charge in [-0.15, -0.1) is 24.0 Å². The number of nitrogens with one attached hydrogen (secondary N) is 2. The highest BCUT2D eigenvalue weighted by Gasteiger charge is 2.18. The number of guanidine groups is 1. The second-order valence-electron chi connectivity index (χ2n) is 8.28. The van der Waals surface area contributed by atoms with Crippen LogP contribution < -0.4 is 10.6 Å². The molecule has 0 unspecified atom stereocenters. The van der Waals surface area contributed by atoms with Crippen LogP contribution in [-0.4, -0.2) is 75.3 Å². The van der Waals surface area contributed by atoms with Gasteiger partial charge < -0.3 is 15.4 Å². The minimum Gasteiger partial charge on any atom is -0.379 e. The summed E-state index contributed by atoms with van der Waals surface area (Å²) in [6.07, 6.45) is 6.85. The van der Waals surface area contributed by atoms with Crippen molar-refractivity contribution in [1.29, 1.82) is 0 Å². The number of ether oxygens (including phenoxy) is 1. The summed E-state index contributed by atoms with van der Waals surface area (Å²) in [6, 6.07) is 9.53. The maximum atomic E-state index is 5.41. The molecule has 0 spiro atoms. The normalized spacial score (nSPS) is 18.8. The summed E-state index contributed by atoms with van der Waals surface area (Å²) in [6.45, 7) is 7.47. The molecule has 1 aliphatic heterocycles. The standard InChI is InChI=1S/C23H39N5O.HI/c1-24-23(25-12-13-28-14-16-29-17-15-28)26-18-20-8-6-7-9-21(20)19-27(2)22-10-4-3-5-11-22;/h6-9,22H,3-5,10-19H2,1-2H3,(H2,24,25,26);1H. The molecule has 170 valence electrons. The number of benzene rings is 1. The zero-order chi connectivity index (χ0) is 20.3. The number of aliphatic imine (C=N–C) groups is 1. The number of hydrogen-bond donors (Lipinski definition) is 2. The molecule has 30 heavy (non-hydrogen) atoms. The van der Waals surface area contributed by atoms with E-state index in [0.717, 1.165) is 64.5 Å². The minimum atomic E-state index is 0. The van der Waals surface area contributed by atoms with E-state index in [1.54, 1.807) is 0 Å². The summed E-state index contributed by atoms with van der Waals surface area (Å²) in [4.78, 5) is 9.37. The summed E-state index contributed by atoms with van der Waals surface area (Å²) >= 11 is 0. The van der Waals surface area contributed by atoms with Crippen molar-refractivity contribution in [2.24, 2.45) is 4.99 Å². The van der Waals surface area contributed by atoms with E-state index in [1.807, 2.05) is 7.05 Å². The number of nitrogens with zero attached hydrogens (tertiary/aromatic N) is 3. The van der Waals surface area contributed by atoms with Gasteiger partial charge in [0.15, 0.2) is 5.96 Å². The van der Waals surface area contributed by atoms with Gasteiger partial charge in [0.05, 0.1) is 13.2 Å². The van der Waals surface area contributed by atoms with E-state index >= 15 is 0 Å². The highest BCUT2D eigenvalue weighted by Crippen LogP contribution is 2.23. The van der Waals surface area contributed by atoms with Crippen LogP contribution in [0.15, 0.2) is 29.3 Å². The summed E-state index contributed by atoms with van der Waals surface area (Å²) in [5.74, 6) is 0.869. The van der Waals surface area contributed by atoms with Crippen LogP contribution in [0.25, 0.3) is 0 Å². The van der Waals surface area contributed by atoms with E-state index in [0.29, 0.717) is 0 Å². The van der Waals surface area contributed by atoms with Gasteiger partial charge >= 0.3 is 0 Å². The smallest absolute Gasteiger partial charge is 0.191 e. The second-order valence-corrected chi connectivity index (χ2v) is 8.28. The SMILES string of the molecule is CN=C(NCCN1CCOCC1)NCc1ccccc1CN(C)C1CCCCC1.I. The van der Waals surface area contributed by atoms with Crippen LogP contribution in [0, 0.1) is 0 Å². The van der Waals surface area contributed by atoms with E-state index in [4.69, 9.17) is 4.74 Å². The topological polar surface area (TPSA) is 52.1 Å². The third-order valence-electron chi connectivity index (χ3n) is 6.23. The Labute approximate surface area is 199 Å². The number of hydrogen-bond acceptors (Lipinski definition) is 4. The van der Waals surface area contributed by atoms with Crippen molar-refractivity contribution in [3.63, 3.8) is 0 Å². The molecule has 0 amide bonds. The van der Waals surface area contributed by atoms with Crippen molar-refractivity contribution >= 4 is 29.9 Å². The lowest BCUT2D eigenvalue weighted by Gasteiger charge is -2.31. The predicted molar refractivity (Wildman–Crippen MR) is 136 cm³/mol. The Morgan fingerprint density at radius 3 is 2.50 bits per heavy atom. The molecule has 1 aliphatic carbocycles. The van der Waals surface area contributed by atoms with Crippen molar-refractivity contribution in [3.8, 4) is 0 Å². The van der Waals surface area contributed by atoms with Gasteiger partial charge in [0.2, 0.25) is 0 Å². The molecule has 2 aliphatic rings. The predicted octanol–water partition coefficient (Wildman–Crippen LogP) is 3.07. The average Bonchev–Trinajstić information content (AvgIpc) is 2.78. The molecule has 0 aromatic heterocycles. The van der Waals surface area contributed by atoms with Gasteiger partial charge in [-0.25, -0.2) is 0 Å². The summed E-state index contributed by atoms with van der Waals surface area (Å²) < 4.78 is 5.41. The average molecular weight is 530 g/mol. The first kappa shape index (κ1) is 25.4. The molecule has 0 bridgehead atoms. The van der Waals surface area contributed by atoms with Crippen molar-refractivity contribution in [2.75, 3.05) is 53.5 Å². The Morgan fingerprint density at radius 1 is 1.10 bits per heavy atom. The maximum absolute atomic E-state index is 5.41. The molecular weight excluding hydrogens is 489 g/mol. The fourth-order valence-electron chi connectivity index (χ4n) is 4.36. The van der Waals surface area contributed by atoms with Gasteiger partial charge in [0, 0.05) is 52.4 Å². The first-order chi connectivity index (χ1) is 14.3. The van der Waals surface area contributed by atoms with Crippen molar-refractivity contribution in [3.05, 3.63) is 35.4 Å². The molecule has 1 aromatic rings. The molecule has 6 nitrogen and oxygen atoms in total. The molecule has 1 heterocycles. The number of halogens is 1. The molecule has 3 rings (SSSR count). The molecule has 1 saturated carbocycles. The lowest BCUT2D eigenvalue weighted by atomic mass is 9.94. The Kier molecular flexibility index (Phi) is 12.0. The fourth-order valence-corrected chi connectivity index (χ4v) is 4.36. The molecule has 1 aromatic carbocycles. The zero-order valence-electron chi connectivity index (χ0n) is 18.7. The molecule has 2 fully saturated rings. The Bertz CT molecular complexity index is 630. The van der Waals surface area contributed by atoms with Crippen LogP contribution in [0.3, 0.4) is 0 Å². The number of morpholine rings is 1. The van der Waals surface area contributed by atoms with Gasteiger partial charge in [-0.1, -0.05) is 43.5 Å². The maximum Gasteiger partial charge on any atom is 0.191 e. The van der Waals surface area contributed by atoms with Crippen molar-refractivity contribution in [2.45, 2.75) is 51.2 Å². The first-order valence-electron chi connectivity index (χ1n) is 11.3. The zero-order valence-corrected chi connectivity index (χ0v) is 21.1. The van der Waals surface area contributed by atoms with E-state index in [9.17, 15) is 0 Å². The van der Waals surface area contributed by atoms with Crippen LogP contribution in [0.2, 0.25) is 0 Å². The second kappa shape index (κ2) is 14.2. The molecule has 2 N–H and O–H groups in total. The molecular formula is C23H40IN5O. The van der Waals surface area contributed by atoms with Crippen LogP contribution >= 0.6 is 24.0 Å². The van der Waals surface area contributed by atoms with Crippen LogP contribution in [0.5, 0.6) is 0 Å². The molecule has 0 atom stereocenters. The van der Waals surface area contributed by atoms with E-state index in [-0.39, 0.29) is 24.0 Å². The van der Waals surface area contributed by atoms with Gasteiger partial charge in [-0.3, -0.25) is 14.8 Å². The largest absolute Gasteiger partial charge is 0.379 e. The summed E-state index contributed by atoms with van der Waals surface area (Å²) in [7, 11) is 4.12. The lowest BCUT2D eigenvalue weighted by molar-refractivity contribution is 0.0389. The van der Waals surface area contributed by atoms with Crippen LogP contribution in [-0.2, 0) is 17.8 Å². The van der Waals surface area contributed by atoms with Crippen LogP contribution in [0.4, 0.5) is 0 Å². The monoisotopic (exact) mass is 529 g/mol. The van der Waals surface area contributed by atoms with Crippen molar-refractivity contribution in [1.82, 2.24) is 20.4 Å². The third kappa shape index (κ3) is 8.32. The summed E-state index contributed by atoms with van der Waals surface area (Å²) in [5.41, 5.74) is 2.77. The summed E-state index contributed by atoms with van der Waals surface area (Å²) in [5, 5.41) is 6.94. The van der Waals surface area contributed by atoms with E-state index in [1.165, 1.54) is 43.2 Å². The molecule has 7 heteroatoms. The third-order valence-corrected chi connectivity index (χ3v) is 6.23. The molecule has 1 saturated heterocycles. The van der Waals surface area contributed by atoms with Gasteiger partial charge in [0.1, 0.15) is 0 Å². The lowest BCUT2D eigenvalue weighted by Crippen LogP contribution is -2.44. The van der Waals surface area contributed by atoms with Gasteiger partial charge in [-0.2, -0.15) is 0 Å². The first-order valence-corrected chi connectivity index (χ1v) is 11.3. The van der Waals surface area contributed by atoms with Gasteiger partial charge in [-0.05, 0) is 31.0 Å². The number of rotatable bonds is 8. The minimum absolute atomic E-state index is 0. The van der Waals surface area contributed by atoms with E-state index in [2.05, 4.69) is 56.7 Å². The van der Waals surface area contributed by atoms with E-state index < -0.39 is 0 Å². The Morgan fingerprint density at radius 2 is 1.80 bits per heavy atom. The quantitative estimate of drug-likeness (QED) is 0.308. The highest BCUT2D eigenvalue weighted by atomic mass is 127. The van der Waals surface area contributed by atoms with Crippen LogP contribution in [0.1, 0.15) is 43.2 Å². The fraction of sp³-hybridized carbons (Fsp3) is 0.696.